The maximum absolute atomic E-state index is 12.8. The van der Waals surface area contributed by atoms with E-state index in [-0.39, 0.29) is 16.1 Å². The molecule has 2 rings (SSSR count). The molecule has 0 aliphatic rings. The monoisotopic (exact) mass is 315 g/mol. The lowest BCUT2D eigenvalue weighted by atomic mass is 10.0. The molecule has 3 nitrogen and oxygen atoms in total. The van der Waals surface area contributed by atoms with Crippen LogP contribution in [-0.2, 0) is 16.0 Å². The molecule has 0 saturated carbocycles. The molecule has 2 aromatic rings. The third-order valence-corrected chi connectivity index (χ3v) is 4.06. The number of rotatable bonds is 2. The number of hydrogen-bond donors (Lipinski definition) is 1. The van der Waals surface area contributed by atoms with Gasteiger partial charge >= 0.3 is 6.18 Å². The van der Waals surface area contributed by atoms with Gasteiger partial charge in [-0.25, -0.2) is 8.42 Å². The van der Waals surface area contributed by atoms with Crippen molar-refractivity contribution < 1.29 is 21.6 Å². The lowest BCUT2D eigenvalue weighted by Gasteiger charge is -2.12. The zero-order chi connectivity index (χ0) is 15.8. The third kappa shape index (κ3) is 3.36. The minimum absolute atomic E-state index is 0.0467. The maximum atomic E-state index is 12.8. The zero-order valence-corrected chi connectivity index (χ0v) is 11.8. The van der Waals surface area contributed by atoms with E-state index in [2.05, 4.69) is 0 Å². The number of halogens is 3. The first-order valence-corrected chi connectivity index (χ1v) is 7.75. The van der Waals surface area contributed by atoms with Crippen molar-refractivity contribution in [1.29, 1.82) is 0 Å². The molecule has 0 radical (unpaired) electrons. The Morgan fingerprint density at radius 3 is 2.19 bits per heavy atom. The quantitative estimate of drug-likeness (QED) is 0.865. The van der Waals surface area contributed by atoms with Gasteiger partial charge in [0.1, 0.15) is 0 Å². The molecule has 21 heavy (non-hydrogen) atoms. The molecule has 0 aromatic heterocycles. The van der Waals surface area contributed by atoms with Gasteiger partial charge in [-0.15, -0.1) is 0 Å². The third-order valence-electron chi connectivity index (χ3n) is 2.95. The van der Waals surface area contributed by atoms with Crippen molar-refractivity contribution in [3.8, 4) is 11.1 Å². The second-order valence-corrected chi connectivity index (χ2v) is 6.62. The van der Waals surface area contributed by atoms with Crippen LogP contribution in [0, 0.1) is 0 Å². The highest BCUT2D eigenvalue weighted by Crippen LogP contribution is 2.36. The average Bonchev–Trinajstić information content (AvgIpc) is 2.37. The number of nitrogens with two attached hydrogens (primary N) is 1. The van der Waals surface area contributed by atoms with E-state index < -0.39 is 21.6 Å². The van der Waals surface area contributed by atoms with Crippen molar-refractivity contribution in [1.82, 2.24) is 0 Å². The maximum Gasteiger partial charge on any atom is 0.418 e. The van der Waals surface area contributed by atoms with E-state index in [9.17, 15) is 21.6 Å². The van der Waals surface area contributed by atoms with Gasteiger partial charge < -0.3 is 5.73 Å². The topological polar surface area (TPSA) is 60.2 Å². The summed E-state index contributed by atoms with van der Waals surface area (Å²) in [7, 11) is -3.43. The van der Waals surface area contributed by atoms with E-state index >= 15 is 0 Å². The number of anilines is 1. The van der Waals surface area contributed by atoms with Crippen molar-refractivity contribution in [3.63, 3.8) is 0 Å². The summed E-state index contributed by atoms with van der Waals surface area (Å²) in [5.74, 6) is 0. The number of nitrogen functional groups attached to an aromatic ring is 1. The van der Waals surface area contributed by atoms with Crippen molar-refractivity contribution >= 4 is 15.5 Å². The van der Waals surface area contributed by atoms with Crippen molar-refractivity contribution in [3.05, 3.63) is 48.0 Å². The molecule has 0 fully saturated rings. The lowest BCUT2D eigenvalue weighted by molar-refractivity contribution is -0.136. The second-order valence-electron chi connectivity index (χ2n) is 4.60. The van der Waals surface area contributed by atoms with Crippen LogP contribution >= 0.6 is 0 Å². The molecule has 0 unspecified atom stereocenters. The van der Waals surface area contributed by atoms with Gasteiger partial charge in [0.25, 0.3) is 0 Å². The molecule has 112 valence electrons. The lowest BCUT2D eigenvalue weighted by Crippen LogP contribution is -2.09. The highest BCUT2D eigenvalue weighted by Gasteiger charge is 2.33. The molecule has 0 aliphatic carbocycles. The first-order chi connectivity index (χ1) is 9.59. The number of benzene rings is 2. The fourth-order valence-corrected chi connectivity index (χ4v) is 2.55. The average molecular weight is 315 g/mol. The van der Waals surface area contributed by atoms with Gasteiger partial charge in [0, 0.05) is 11.9 Å². The highest BCUT2D eigenvalue weighted by atomic mass is 32.2. The van der Waals surface area contributed by atoms with E-state index in [1.54, 1.807) is 6.07 Å². The summed E-state index contributed by atoms with van der Waals surface area (Å²) in [5.41, 5.74) is 4.66. The van der Waals surface area contributed by atoms with E-state index in [1.165, 1.54) is 24.3 Å². The summed E-state index contributed by atoms with van der Waals surface area (Å²) in [5, 5.41) is 0. The summed E-state index contributed by atoms with van der Waals surface area (Å²) < 4.78 is 61.5. The van der Waals surface area contributed by atoms with E-state index in [0.717, 1.165) is 18.4 Å². The van der Waals surface area contributed by atoms with Gasteiger partial charge in [-0.2, -0.15) is 13.2 Å². The van der Waals surface area contributed by atoms with Gasteiger partial charge in [-0.1, -0.05) is 18.2 Å². The predicted molar refractivity (Wildman–Crippen MR) is 74.4 cm³/mol. The Hall–Kier alpha value is -2.02. The van der Waals surface area contributed by atoms with Crippen LogP contribution in [0.2, 0.25) is 0 Å². The Morgan fingerprint density at radius 1 is 1.00 bits per heavy atom. The molecule has 0 saturated heterocycles. The molecule has 7 heteroatoms. The van der Waals surface area contributed by atoms with Crippen LogP contribution in [0.4, 0.5) is 18.9 Å². The van der Waals surface area contributed by atoms with Gasteiger partial charge in [-0.3, -0.25) is 0 Å². The summed E-state index contributed by atoms with van der Waals surface area (Å²) >= 11 is 0. The second kappa shape index (κ2) is 5.07. The Balaban J connectivity index is 2.58. The molecule has 2 aromatic carbocycles. The van der Waals surface area contributed by atoms with Crippen molar-refractivity contribution in [2.24, 2.45) is 0 Å². The molecule has 0 atom stereocenters. The Labute approximate surface area is 120 Å². The molecule has 2 N–H and O–H groups in total. The summed E-state index contributed by atoms with van der Waals surface area (Å²) in [6.45, 7) is 0. The van der Waals surface area contributed by atoms with Crippen LogP contribution < -0.4 is 5.73 Å². The fraction of sp³-hybridized carbons (Fsp3) is 0.143. The van der Waals surface area contributed by atoms with Gasteiger partial charge in [0.05, 0.1) is 10.5 Å². The predicted octanol–water partition coefficient (Wildman–Crippen LogP) is 3.36. The Kier molecular flexibility index (Phi) is 3.71. The van der Waals surface area contributed by atoms with Gasteiger partial charge in [0.2, 0.25) is 0 Å². The Bertz CT molecular complexity index is 783. The van der Waals surface area contributed by atoms with Crippen molar-refractivity contribution in [2.75, 3.05) is 12.0 Å². The number of sulfone groups is 1. The van der Waals surface area contributed by atoms with E-state index in [1.807, 2.05) is 0 Å². The Morgan fingerprint density at radius 2 is 1.62 bits per heavy atom. The molecular weight excluding hydrogens is 303 g/mol. The normalized spacial score (nSPS) is 12.4. The van der Waals surface area contributed by atoms with Crippen LogP contribution in [0.15, 0.2) is 47.4 Å². The first-order valence-electron chi connectivity index (χ1n) is 5.86. The van der Waals surface area contributed by atoms with E-state index in [0.29, 0.717) is 5.56 Å². The summed E-state index contributed by atoms with van der Waals surface area (Å²) in [6.07, 6.45) is -3.52. The van der Waals surface area contributed by atoms with Gasteiger partial charge in [-0.05, 0) is 35.4 Å². The molecular formula is C14H12F3NO2S. The standard InChI is InChI=1S/C14H12F3NO2S/c1-21(19,20)11-4-2-3-9(7-11)10-5-6-13(18)12(8-10)14(15,16)17/h2-8H,18H2,1H3. The van der Waals surface area contributed by atoms with Crippen LogP contribution in [-0.4, -0.2) is 14.7 Å². The molecule has 0 bridgehead atoms. The molecule has 0 spiro atoms. The van der Waals surface area contributed by atoms with Crippen LogP contribution in [0.5, 0.6) is 0 Å². The first kappa shape index (κ1) is 15.4. The van der Waals surface area contributed by atoms with Crippen LogP contribution in [0.25, 0.3) is 11.1 Å². The minimum Gasteiger partial charge on any atom is -0.398 e. The zero-order valence-electron chi connectivity index (χ0n) is 11.0. The summed E-state index contributed by atoms with van der Waals surface area (Å²) in [4.78, 5) is 0.0467. The largest absolute Gasteiger partial charge is 0.418 e. The van der Waals surface area contributed by atoms with Crippen LogP contribution in [0.1, 0.15) is 5.56 Å². The van der Waals surface area contributed by atoms with E-state index in [4.69, 9.17) is 5.73 Å². The van der Waals surface area contributed by atoms with Gasteiger partial charge in [0.15, 0.2) is 9.84 Å². The molecule has 0 heterocycles. The SMILES string of the molecule is CS(=O)(=O)c1cccc(-c2ccc(N)c(C(F)(F)F)c2)c1. The molecule has 0 aliphatic heterocycles. The minimum atomic E-state index is -4.56. The number of alkyl halides is 3. The van der Waals surface area contributed by atoms with Crippen LogP contribution in [0.3, 0.4) is 0 Å². The number of hydrogen-bond acceptors (Lipinski definition) is 3. The smallest absolute Gasteiger partial charge is 0.398 e. The summed E-state index contributed by atoms with van der Waals surface area (Å²) in [6, 6.07) is 9.24. The highest BCUT2D eigenvalue weighted by molar-refractivity contribution is 7.90. The fourth-order valence-electron chi connectivity index (χ4n) is 1.89. The molecule has 0 amide bonds. The van der Waals surface area contributed by atoms with Crippen molar-refractivity contribution in [2.45, 2.75) is 11.1 Å².